The molecule has 0 aliphatic heterocycles. The van der Waals surface area contributed by atoms with Crippen molar-refractivity contribution in [3.8, 4) is 0 Å². The number of benzene rings is 1. The van der Waals surface area contributed by atoms with Crippen molar-refractivity contribution in [2.75, 3.05) is 6.54 Å². The van der Waals surface area contributed by atoms with E-state index in [1.807, 2.05) is 32.9 Å². The third-order valence-corrected chi connectivity index (χ3v) is 3.54. The van der Waals surface area contributed by atoms with E-state index >= 15 is 0 Å². The number of carbonyl (C=O) groups is 1. The summed E-state index contributed by atoms with van der Waals surface area (Å²) in [5.41, 5.74) is 7.71. The first-order chi connectivity index (χ1) is 9.40. The summed E-state index contributed by atoms with van der Waals surface area (Å²) in [4.78, 5) is 11.9. The Kier molecular flexibility index (Phi) is 4.33. The zero-order valence-electron chi connectivity index (χ0n) is 12.5. The Hall–Kier alpha value is -1.55. The molecule has 0 radical (unpaired) electrons. The zero-order valence-corrected chi connectivity index (χ0v) is 12.5. The van der Waals surface area contributed by atoms with Crippen molar-refractivity contribution in [1.29, 1.82) is 0 Å². The van der Waals surface area contributed by atoms with Crippen LogP contribution in [-0.2, 0) is 4.74 Å². The molecule has 1 amide bonds. The van der Waals surface area contributed by atoms with Crippen LogP contribution in [0.3, 0.4) is 0 Å². The van der Waals surface area contributed by atoms with Crippen LogP contribution in [0.2, 0.25) is 0 Å². The molecule has 0 heterocycles. The summed E-state index contributed by atoms with van der Waals surface area (Å²) in [5.74, 6) is 0.427. The molecule has 0 spiro atoms. The van der Waals surface area contributed by atoms with E-state index in [-0.39, 0.29) is 12.1 Å². The van der Waals surface area contributed by atoms with E-state index in [1.54, 1.807) is 0 Å². The summed E-state index contributed by atoms with van der Waals surface area (Å²) in [7, 11) is 0. The molecule has 110 valence electrons. The van der Waals surface area contributed by atoms with Gasteiger partial charge in [-0.2, -0.15) is 0 Å². The van der Waals surface area contributed by atoms with Gasteiger partial charge in [0.25, 0.3) is 0 Å². The number of hydrogen-bond acceptors (Lipinski definition) is 3. The van der Waals surface area contributed by atoms with Crippen LogP contribution >= 0.6 is 0 Å². The summed E-state index contributed by atoms with van der Waals surface area (Å²) in [6.07, 6.45) is 1.49. The number of ether oxygens (including phenoxy) is 1. The van der Waals surface area contributed by atoms with Gasteiger partial charge in [-0.1, -0.05) is 24.3 Å². The van der Waals surface area contributed by atoms with Crippen LogP contribution in [-0.4, -0.2) is 18.2 Å². The third kappa shape index (κ3) is 3.51. The molecule has 2 rings (SSSR count). The van der Waals surface area contributed by atoms with Gasteiger partial charge in [-0.3, -0.25) is 0 Å². The highest BCUT2D eigenvalue weighted by Gasteiger charge is 2.32. The van der Waals surface area contributed by atoms with Crippen LogP contribution in [0.5, 0.6) is 0 Å². The van der Waals surface area contributed by atoms with E-state index in [2.05, 4.69) is 17.4 Å². The molecule has 4 heteroatoms. The van der Waals surface area contributed by atoms with Gasteiger partial charge in [0.1, 0.15) is 5.60 Å². The highest BCUT2D eigenvalue weighted by Crippen LogP contribution is 2.41. The van der Waals surface area contributed by atoms with Gasteiger partial charge in [-0.15, -0.1) is 0 Å². The van der Waals surface area contributed by atoms with Crippen LogP contribution in [0.1, 0.15) is 56.7 Å². The van der Waals surface area contributed by atoms with Gasteiger partial charge in [-0.25, -0.2) is 4.79 Å². The molecule has 0 saturated heterocycles. The first-order valence-corrected chi connectivity index (χ1v) is 7.19. The van der Waals surface area contributed by atoms with E-state index < -0.39 is 5.60 Å². The molecule has 1 aliphatic rings. The van der Waals surface area contributed by atoms with Gasteiger partial charge in [-0.05, 0) is 57.2 Å². The Labute approximate surface area is 120 Å². The average Bonchev–Trinajstić information content (AvgIpc) is 2.66. The molecule has 1 aromatic carbocycles. The van der Waals surface area contributed by atoms with Crippen molar-refractivity contribution in [3.05, 3.63) is 35.4 Å². The van der Waals surface area contributed by atoms with Gasteiger partial charge < -0.3 is 15.8 Å². The lowest BCUT2D eigenvalue weighted by atomic mass is 9.98. The Bertz CT molecular complexity index is 480. The molecule has 4 nitrogen and oxygen atoms in total. The van der Waals surface area contributed by atoms with Crippen molar-refractivity contribution >= 4 is 6.09 Å². The standard InChI is InChI=1S/C16H24N2O2/c1-16(2,3)20-15(19)18-14-10-11(8-9-17)12-6-4-5-7-13(12)14/h4-7,11,14H,8-10,17H2,1-3H3,(H,18,19)/t11-,14-/m1/s1. The maximum Gasteiger partial charge on any atom is 0.408 e. The summed E-state index contributed by atoms with van der Waals surface area (Å²) < 4.78 is 5.34. The Morgan fingerprint density at radius 3 is 2.60 bits per heavy atom. The molecule has 0 bridgehead atoms. The molecule has 2 atom stereocenters. The van der Waals surface area contributed by atoms with Crippen molar-refractivity contribution < 1.29 is 9.53 Å². The van der Waals surface area contributed by atoms with Gasteiger partial charge in [0, 0.05) is 0 Å². The molecule has 3 N–H and O–H groups in total. The van der Waals surface area contributed by atoms with Crippen molar-refractivity contribution in [2.45, 2.75) is 51.2 Å². The fraction of sp³-hybridized carbons (Fsp3) is 0.562. The van der Waals surface area contributed by atoms with E-state index in [0.717, 1.165) is 12.8 Å². The lowest BCUT2D eigenvalue weighted by Gasteiger charge is -2.22. The molecule has 20 heavy (non-hydrogen) atoms. The third-order valence-electron chi connectivity index (χ3n) is 3.54. The molecular formula is C16H24N2O2. The normalized spacial score (nSPS) is 21.4. The average molecular weight is 276 g/mol. The number of alkyl carbamates (subject to hydrolysis) is 1. The predicted molar refractivity (Wildman–Crippen MR) is 79.6 cm³/mol. The number of carbonyl (C=O) groups excluding carboxylic acids is 1. The molecule has 0 aromatic heterocycles. The van der Waals surface area contributed by atoms with E-state index in [9.17, 15) is 4.79 Å². The highest BCUT2D eigenvalue weighted by molar-refractivity contribution is 5.68. The molecule has 0 fully saturated rings. The van der Waals surface area contributed by atoms with Gasteiger partial charge in [0.15, 0.2) is 0 Å². The van der Waals surface area contributed by atoms with Crippen LogP contribution in [0.15, 0.2) is 24.3 Å². The predicted octanol–water partition coefficient (Wildman–Crippen LogP) is 3.09. The topological polar surface area (TPSA) is 64.3 Å². The number of rotatable bonds is 3. The summed E-state index contributed by atoms with van der Waals surface area (Å²) in [5, 5.41) is 2.98. The van der Waals surface area contributed by atoms with E-state index in [1.165, 1.54) is 11.1 Å². The fourth-order valence-corrected chi connectivity index (χ4v) is 2.80. The molecule has 0 unspecified atom stereocenters. The second kappa shape index (κ2) is 5.83. The zero-order chi connectivity index (χ0) is 14.8. The second-order valence-electron chi connectivity index (χ2n) is 6.34. The maximum absolute atomic E-state index is 11.9. The molecular weight excluding hydrogens is 252 g/mol. The summed E-state index contributed by atoms with van der Waals surface area (Å²) in [6.45, 7) is 6.27. The van der Waals surface area contributed by atoms with Crippen LogP contribution < -0.4 is 11.1 Å². The number of nitrogens with one attached hydrogen (secondary N) is 1. The molecule has 1 aliphatic carbocycles. The van der Waals surface area contributed by atoms with Gasteiger partial charge in [0.05, 0.1) is 6.04 Å². The second-order valence-corrected chi connectivity index (χ2v) is 6.34. The SMILES string of the molecule is CC(C)(C)OC(=O)N[C@@H]1C[C@@H](CCN)c2ccccc21. The first-order valence-electron chi connectivity index (χ1n) is 7.19. The Balaban J connectivity index is 2.09. The van der Waals surface area contributed by atoms with Crippen LogP contribution in [0, 0.1) is 0 Å². The molecule has 0 saturated carbocycles. The summed E-state index contributed by atoms with van der Waals surface area (Å²) in [6, 6.07) is 8.28. The minimum Gasteiger partial charge on any atom is -0.444 e. The first kappa shape index (κ1) is 14.9. The minimum atomic E-state index is -0.473. The van der Waals surface area contributed by atoms with E-state index in [4.69, 9.17) is 10.5 Å². The molecule has 1 aromatic rings. The Morgan fingerprint density at radius 1 is 1.35 bits per heavy atom. The smallest absolute Gasteiger partial charge is 0.408 e. The quantitative estimate of drug-likeness (QED) is 0.891. The van der Waals surface area contributed by atoms with E-state index in [0.29, 0.717) is 12.5 Å². The van der Waals surface area contributed by atoms with Gasteiger partial charge in [0.2, 0.25) is 0 Å². The monoisotopic (exact) mass is 276 g/mol. The number of amides is 1. The largest absolute Gasteiger partial charge is 0.444 e. The van der Waals surface area contributed by atoms with Crippen molar-refractivity contribution in [3.63, 3.8) is 0 Å². The van der Waals surface area contributed by atoms with Crippen molar-refractivity contribution in [1.82, 2.24) is 5.32 Å². The van der Waals surface area contributed by atoms with Crippen molar-refractivity contribution in [2.24, 2.45) is 5.73 Å². The summed E-state index contributed by atoms with van der Waals surface area (Å²) >= 11 is 0. The number of nitrogens with two attached hydrogens (primary N) is 1. The lowest BCUT2D eigenvalue weighted by Crippen LogP contribution is -2.34. The van der Waals surface area contributed by atoms with Gasteiger partial charge >= 0.3 is 6.09 Å². The van der Waals surface area contributed by atoms with Crippen LogP contribution in [0.4, 0.5) is 4.79 Å². The highest BCUT2D eigenvalue weighted by atomic mass is 16.6. The maximum atomic E-state index is 11.9. The van der Waals surface area contributed by atoms with Crippen LogP contribution in [0.25, 0.3) is 0 Å². The number of hydrogen-bond donors (Lipinski definition) is 2. The minimum absolute atomic E-state index is 0.0256. The number of fused-ring (bicyclic) bond motifs is 1. The Morgan fingerprint density at radius 2 is 2.00 bits per heavy atom. The lowest BCUT2D eigenvalue weighted by molar-refractivity contribution is 0.0502. The fourth-order valence-electron chi connectivity index (χ4n) is 2.80.